The van der Waals surface area contributed by atoms with Gasteiger partial charge in [0.2, 0.25) is 0 Å². The van der Waals surface area contributed by atoms with Crippen LogP contribution >= 0.6 is 24.4 Å². The van der Waals surface area contributed by atoms with Crippen LogP contribution < -0.4 is 10.6 Å². The van der Waals surface area contributed by atoms with Gasteiger partial charge in [-0.15, -0.1) is 13.2 Å². The van der Waals surface area contributed by atoms with Crippen molar-refractivity contribution in [2.24, 2.45) is 0 Å². The summed E-state index contributed by atoms with van der Waals surface area (Å²) in [6.45, 7) is 8.27. The van der Waals surface area contributed by atoms with Crippen LogP contribution in [0.2, 0.25) is 0 Å². The van der Waals surface area contributed by atoms with Crippen LogP contribution in [0.4, 0.5) is 0 Å². The summed E-state index contributed by atoms with van der Waals surface area (Å²) in [5.41, 5.74) is 0. The molecule has 2 N–H and O–H groups in total. The molecule has 0 aliphatic rings. The van der Waals surface area contributed by atoms with Gasteiger partial charge in [0.05, 0.1) is 0 Å². The fraction of sp³-hybridized carbons (Fsp3) is 0.250. The molecule has 0 atom stereocenters. The number of rotatable bonds is 4. The molecule has 0 spiro atoms. The zero-order chi connectivity index (χ0) is 11.4. The minimum Gasteiger partial charge on any atom is -0.412 e. The summed E-state index contributed by atoms with van der Waals surface area (Å²) in [5, 5.41) is 5.45. The monoisotopic (exact) mass is 394 g/mol. The third-order valence-corrected chi connectivity index (χ3v) is 1.36. The van der Waals surface area contributed by atoms with Gasteiger partial charge in [0.1, 0.15) is 0 Å². The summed E-state index contributed by atoms with van der Waals surface area (Å²) in [5.74, 6) is 0. The Morgan fingerprint density at radius 3 is 1.33 bits per heavy atom. The van der Waals surface area contributed by atoms with Gasteiger partial charge in [0.15, 0.2) is 0 Å². The van der Waals surface area contributed by atoms with E-state index in [0.29, 0.717) is 21.7 Å². The van der Waals surface area contributed by atoms with Crippen molar-refractivity contribution in [3.05, 3.63) is 25.3 Å². The minimum atomic E-state index is 0. The summed E-state index contributed by atoms with van der Waals surface area (Å²) in [6.07, 6.45) is 3.41. The molecule has 0 saturated carbocycles. The molecule has 0 aliphatic heterocycles. The van der Waals surface area contributed by atoms with E-state index in [1.807, 2.05) is 0 Å². The maximum atomic E-state index is 4.52. The van der Waals surface area contributed by atoms with Crippen LogP contribution in [0.5, 0.6) is 0 Å². The minimum absolute atomic E-state index is 0. The molecule has 15 heavy (non-hydrogen) atoms. The first-order valence-electron chi connectivity index (χ1n) is 3.66. The largest absolute Gasteiger partial charge is 2.00 e. The first kappa shape index (κ1) is 20.8. The molecule has 0 aromatic carbocycles. The first-order valence-corrected chi connectivity index (χ1v) is 5.29. The molecule has 0 amide bonds. The van der Waals surface area contributed by atoms with E-state index in [1.54, 1.807) is 12.2 Å². The predicted molar refractivity (Wildman–Crippen MR) is 82.1 cm³/mol. The van der Waals surface area contributed by atoms with Gasteiger partial charge in [-0.25, -0.2) is 0 Å². The van der Waals surface area contributed by atoms with E-state index in [2.05, 4.69) is 73.5 Å². The van der Waals surface area contributed by atoms with E-state index in [0.717, 1.165) is 0 Å². The Balaban J connectivity index is -0.000000180. The standard InChI is InChI=1S/2C4H7NS2.Te/c2*1-2-3-5-4(6)7;/h2*2H,1,3H2,(H2,5,6,7);/q;;+2/p-2. The number of nitrogens with one attached hydrogen (secondary N) is 2. The normalized spacial score (nSPS) is 6.93. The van der Waals surface area contributed by atoms with Crippen molar-refractivity contribution < 1.29 is 0 Å². The number of thiocarbonyl (C=S) groups is 2. The van der Waals surface area contributed by atoms with Crippen molar-refractivity contribution in [2.45, 2.75) is 0 Å². The molecule has 0 aliphatic carbocycles. The van der Waals surface area contributed by atoms with Crippen LogP contribution in [-0.4, -0.2) is 45.4 Å². The summed E-state index contributed by atoms with van der Waals surface area (Å²) < 4.78 is 0.805. The maximum Gasteiger partial charge on any atom is 2.00 e. The maximum absolute atomic E-state index is 4.52. The Hall–Kier alpha value is 0.490. The summed E-state index contributed by atoms with van der Waals surface area (Å²) >= 11 is 18.1. The zero-order valence-corrected chi connectivity index (χ0v) is 13.6. The summed E-state index contributed by atoms with van der Waals surface area (Å²) in [7, 11) is 0. The molecular weight excluding hydrogens is 380 g/mol. The van der Waals surface area contributed by atoms with E-state index in [9.17, 15) is 0 Å². The van der Waals surface area contributed by atoms with E-state index < -0.39 is 0 Å². The molecule has 0 aromatic heterocycles. The van der Waals surface area contributed by atoms with Crippen LogP contribution in [0.15, 0.2) is 25.3 Å². The first-order chi connectivity index (χ1) is 6.54. The summed E-state index contributed by atoms with van der Waals surface area (Å²) in [4.78, 5) is 0. The fourth-order valence-electron chi connectivity index (χ4n) is 0.311. The average Bonchev–Trinajstić information content (AvgIpc) is 2.12. The van der Waals surface area contributed by atoms with Crippen molar-refractivity contribution in [2.75, 3.05) is 13.1 Å². The van der Waals surface area contributed by atoms with Crippen molar-refractivity contribution in [1.82, 2.24) is 10.6 Å². The van der Waals surface area contributed by atoms with Crippen molar-refractivity contribution >= 4 is 82.0 Å². The smallest absolute Gasteiger partial charge is 0.412 e. The molecule has 0 heterocycles. The van der Waals surface area contributed by atoms with E-state index in [1.165, 1.54) is 0 Å². The van der Waals surface area contributed by atoms with Gasteiger partial charge in [0.25, 0.3) is 0 Å². The number of hydrogen-bond acceptors (Lipinski definition) is 4. The fourth-order valence-corrected chi connectivity index (χ4v) is 0.644. The average molecular weight is 392 g/mol. The van der Waals surface area contributed by atoms with Gasteiger partial charge < -0.3 is 60.3 Å². The van der Waals surface area contributed by atoms with Crippen LogP contribution in [0.3, 0.4) is 0 Å². The Morgan fingerprint density at radius 1 is 1.00 bits per heavy atom. The molecule has 0 rings (SSSR count). The van der Waals surface area contributed by atoms with Gasteiger partial charge in [-0.1, -0.05) is 20.8 Å². The van der Waals surface area contributed by atoms with Crippen LogP contribution in [0.25, 0.3) is 0 Å². The molecule has 4 radical (unpaired) electrons. The Morgan fingerprint density at radius 2 is 1.27 bits per heavy atom. The second-order valence-corrected chi connectivity index (χ2v) is 4.06. The van der Waals surface area contributed by atoms with Gasteiger partial charge in [-0.2, -0.15) is 0 Å². The van der Waals surface area contributed by atoms with E-state index >= 15 is 0 Å². The Labute approximate surface area is 130 Å². The van der Waals surface area contributed by atoms with Crippen LogP contribution in [0.1, 0.15) is 0 Å². The molecule has 7 heteroatoms. The third-order valence-electron chi connectivity index (χ3n) is 0.781. The van der Waals surface area contributed by atoms with Gasteiger partial charge >= 0.3 is 23.7 Å². The molecule has 2 nitrogen and oxygen atoms in total. The topological polar surface area (TPSA) is 24.1 Å². The van der Waals surface area contributed by atoms with Gasteiger partial charge in [-0.05, 0) is 0 Å². The van der Waals surface area contributed by atoms with Crippen LogP contribution in [0, 0.1) is 0 Å². The quantitative estimate of drug-likeness (QED) is 0.318. The summed E-state index contributed by atoms with van der Waals surface area (Å²) in [6, 6.07) is 0. The number of hydrogen-bond donors (Lipinski definition) is 2. The van der Waals surface area contributed by atoms with Crippen molar-refractivity contribution in [3.8, 4) is 0 Å². The van der Waals surface area contributed by atoms with Crippen molar-refractivity contribution in [1.29, 1.82) is 0 Å². The van der Waals surface area contributed by atoms with E-state index in [4.69, 9.17) is 0 Å². The SMILES string of the molecule is C=CCNC(=S)[S-].C=CCNC(=S)[S-].[Te+2]. The molecule has 0 saturated heterocycles. The van der Waals surface area contributed by atoms with Gasteiger partial charge in [0, 0.05) is 13.1 Å². The molecule has 0 unspecified atom stereocenters. The second kappa shape index (κ2) is 16.9. The molecule has 84 valence electrons. The molecular formula is C8H12N2S4Te. The zero-order valence-electron chi connectivity index (χ0n) is 8.02. The van der Waals surface area contributed by atoms with Gasteiger partial charge in [-0.3, -0.25) is 0 Å². The van der Waals surface area contributed by atoms with Crippen LogP contribution in [-0.2, 0) is 25.3 Å². The Bertz CT molecular complexity index is 187. The molecule has 0 aromatic rings. The third kappa shape index (κ3) is 31.4. The predicted octanol–water partition coefficient (Wildman–Crippen LogP) is 0.807. The second-order valence-electron chi connectivity index (χ2n) is 1.91. The van der Waals surface area contributed by atoms with Crippen molar-refractivity contribution in [3.63, 3.8) is 0 Å². The molecule has 0 bridgehead atoms. The Kier molecular flexibility index (Phi) is 23.5. The molecule has 0 fully saturated rings. The van der Waals surface area contributed by atoms with E-state index in [-0.39, 0.29) is 23.7 Å².